The van der Waals surface area contributed by atoms with Crippen LogP contribution in [0.2, 0.25) is 5.02 Å². The second-order valence-corrected chi connectivity index (χ2v) is 4.72. The van der Waals surface area contributed by atoms with Gasteiger partial charge in [0.05, 0.1) is 12.0 Å². The van der Waals surface area contributed by atoms with Crippen molar-refractivity contribution < 1.29 is 4.74 Å². The lowest BCUT2D eigenvalue weighted by Crippen LogP contribution is -1.93. The van der Waals surface area contributed by atoms with Gasteiger partial charge in [-0.3, -0.25) is 0 Å². The molecule has 0 atom stereocenters. The van der Waals surface area contributed by atoms with Gasteiger partial charge in [-0.2, -0.15) is 0 Å². The Morgan fingerprint density at radius 1 is 1.50 bits per heavy atom. The Morgan fingerprint density at radius 2 is 2.31 bits per heavy atom. The predicted octanol–water partition coefficient (Wildman–Crippen LogP) is 2.93. The normalized spacial score (nSPS) is 10.4. The first-order chi connectivity index (χ1) is 7.74. The van der Waals surface area contributed by atoms with Gasteiger partial charge in [0.1, 0.15) is 10.8 Å². The van der Waals surface area contributed by atoms with Gasteiger partial charge in [-0.05, 0) is 18.2 Å². The Balaban J connectivity index is 2.49. The van der Waals surface area contributed by atoms with Gasteiger partial charge in [-0.15, -0.1) is 11.3 Å². The van der Waals surface area contributed by atoms with Crippen LogP contribution >= 0.6 is 22.9 Å². The molecule has 0 radical (unpaired) electrons. The van der Waals surface area contributed by atoms with E-state index in [9.17, 15) is 0 Å². The third-order valence-electron chi connectivity index (χ3n) is 2.16. The largest absolute Gasteiger partial charge is 0.496 e. The molecule has 0 fully saturated rings. The van der Waals surface area contributed by atoms with Gasteiger partial charge >= 0.3 is 0 Å². The Hall–Kier alpha value is -1.10. The molecule has 1 aromatic carbocycles. The average molecular weight is 255 g/mol. The van der Waals surface area contributed by atoms with Crippen molar-refractivity contribution in [3.63, 3.8) is 0 Å². The molecule has 3 nitrogen and oxygen atoms in total. The van der Waals surface area contributed by atoms with Gasteiger partial charge in [0.2, 0.25) is 0 Å². The fraction of sp³-hybridized carbons (Fsp3) is 0.182. The van der Waals surface area contributed by atoms with Gasteiger partial charge < -0.3 is 10.5 Å². The van der Waals surface area contributed by atoms with Gasteiger partial charge in [-0.25, -0.2) is 4.98 Å². The minimum Gasteiger partial charge on any atom is -0.496 e. The molecule has 0 aliphatic rings. The number of hydrogen-bond acceptors (Lipinski definition) is 4. The molecule has 5 heteroatoms. The van der Waals surface area contributed by atoms with Crippen molar-refractivity contribution in [2.45, 2.75) is 6.54 Å². The number of rotatable bonds is 3. The lowest BCUT2D eigenvalue weighted by Gasteiger charge is -2.06. The molecule has 0 saturated heterocycles. The van der Waals surface area contributed by atoms with E-state index in [2.05, 4.69) is 4.98 Å². The zero-order chi connectivity index (χ0) is 11.5. The summed E-state index contributed by atoms with van der Waals surface area (Å²) in [4.78, 5) is 5.22. The molecule has 0 aliphatic heterocycles. The van der Waals surface area contributed by atoms with Crippen LogP contribution in [0.5, 0.6) is 5.75 Å². The minimum absolute atomic E-state index is 0.452. The summed E-state index contributed by atoms with van der Waals surface area (Å²) in [6.45, 7) is 0.452. The molecule has 1 aromatic heterocycles. The molecule has 2 rings (SSSR count). The number of thiazole rings is 1. The topological polar surface area (TPSA) is 48.1 Å². The maximum absolute atomic E-state index is 5.97. The molecule has 2 aromatic rings. The first-order valence-electron chi connectivity index (χ1n) is 4.73. The molecule has 0 aliphatic carbocycles. The van der Waals surface area contributed by atoms with E-state index in [1.54, 1.807) is 30.7 Å². The van der Waals surface area contributed by atoms with E-state index < -0.39 is 0 Å². The number of nitrogens with zero attached hydrogens (tertiary/aromatic N) is 1. The highest BCUT2D eigenvalue weighted by Crippen LogP contribution is 2.35. The molecule has 0 saturated carbocycles. The molecular weight excluding hydrogens is 244 g/mol. The van der Waals surface area contributed by atoms with E-state index in [-0.39, 0.29) is 0 Å². The molecule has 0 unspecified atom stereocenters. The molecule has 1 heterocycles. The van der Waals surface area contributed by atoms with Crippen molar-refractivity contribution in [1.82, 2.24) is 4.98 Å². The number of methoxy groups -OCH3 is 1. The minimum atomic E-state index is 0.452. The summed E-state index contributed by atoms with van der Waals surface area (Å²) in [5, 5.41) is 1.58. The Morgan fingerprint density at radius 3 is 2.94 bits per heavy atom. The lowest BCUT2D eigenvalue weighted by molar-refractivity contribution is 0.416. The first kappa shape index (κ1) is 11.4. The number of hydrogen-bond donors (Lipinski definition) is 1. The van der Waals surface area contributed by atoms with Gasteiger partial charge in [0.25, 0.3) is 0 Å². The Labute approximate surface area is 103 Å². The maximum atomic E-state index is 5.97. The SMILES string of the molecule is COc1ccc(Cl)cc1-c1cnc(CN)s1. The molecule has 16 heavy (non-hydrogen) atoms. The van der Waals surface area contributed by atoms with Crippen LogP contribution in [0.1, 0.15) is 5.01 Å². The number of nitrogens with two attached hydrogens (primary N) is 1. The highest BCUT2D eigenvalue weighted by molar-refractivity contribution is 7.15. The predicted molar refractivity (Wildman–Crippen MR) is 67.0 cm³/mol. The van der Waals surface area contributed by atoms with E-state index in [1.165, 1.54) is 0 Å². The van der Waals surface area contributed by atoms with Gasteiger partial charge in [0, 0.05) is 23.3 Å². The smallest absolute Gasteiger partial charge is 0.127 e. The van der Waals surface area contributed by atoms with Crippen LogP contribution in [0.3, 0.4) is 0 Å². The first-order valence-corrected chi connectivity index (χ1v) is 5.92. The third kappa shape index (κ3) is 2.19. The highest BCUT2D eigenvalue weighted by Gasteiger charge is 2.09. The van der Waals surface area contributed by atoms with Crippen LogP contribution in [-0.4, -0.2) is 12.1 Å². The van der Waals surface area contributed by atoms with E-state index in [1.807, 2.05) is 12.1 Å². The van der Waals surface area contributed by atoms with Crippen molar-refractivity contribution in [2.24, 2.45) is 5.73 Å². The summed E-state index contributed by atoms with van der Waals surface area (Å²) >= 11 is 7.52. The van der Waals surface area contributed by atoms with Crippen molar-refractivity contribution in [3.8, 4) is 16.2 Å². The molecular formula is C11H11ClN2OS. The van der Waals surface area contributed by atoms with Crippen LogP contribution in [0.4, 0.5) is 0 Å². The summed E-state index contributed by atoms with van der Waals surface area (Å²) < 4.78 is 5.29. The standard InChI is InChI=1S/C11H11ClN2OS/c1-15-9-3-2-7(12)4-8(9)10-6-14-11(5-13)16-10/h2-4,6H,5,13H2,1H3. The zero-order valence-corrected chi connectivity index (χ0v) is 10.3. The monoisotopic (exact) mass is 254 g/mol. The van der Waals surface area contributed by atoms with Crippen LogP contribution in [-0.2, 0) is 6.54 Å². The lowest BCUT2D eigenvalue weighted by atomic mass is 10.2. The highest BCUT2D eigenvalue weighted by atomic mass is 35.5. The van der Waals surface area contributed by atoms with Crippen LogP contribution in [0, 0.1) is 0 Å². The van der Waals surface area contributed by atoms with Crippen molar-refractivity contribution in [2.75, 3.05) is 7.11 Å². The number of halogens is 1. The third-order valence-corrected chi connectivity index (χ3v) is 3.44. The number of aromatic nitrogens is 1. The van der Waals surface area contributed by atoms with Crippen molar-refractivity contribution in [1.29, 1.82) is 0 Å². The number of benzene rings is 1. The zero-order valence-electron chi connectivity index (χ0n) is 8.74. The molecule has 0 amide bonds. The van der Waals surface area contributed by atoms with Crippen LogP contribution in [0.25, 0.3) is 10.4 Å². The second-order valence-electron chi connectivity index (χ2n) is 3.17. The Kier molecular flexibility index (Phi) is 3.43. The van der Waals surface area contributed by atoms with E-state index in [0.29, 0.717) is 11.6 Å². The summed E-state index contributed by atoms with van der Waals surface area (Å²) in [6.07, 6.45) is 1.79. The quantitative estimate of drug-likeness (QED) is 0.916. The molecule has 0 bridgehead atoms. The molecule has 2 N–H and O–H groups in total. The Bertz CT molecular complexity index is 498. The van der Waals surface area contributed by atoms with Gasteiger partial charge in [-0.1, -0.05) is 11.6 Å². The van der Waals surface area contributed by atoms with Crippen LogP contribution < -0.4 is 10.5 Å². The van der Waals surface area contributed by atoms with E-state index >= 15 is 0 Å². The molecule has 84 valence electrons. The average Bonchev–Trinajstić information content (AvgIpc) is 2.77. The van der Waals surface area contributed by atoms with Gasteiger partial charge in [0.15, 0.2) is 0 Å². The number of ether oxygens (including phenoxy) is 1. The second kappa shape index (κ2) is 4.82. The summed E-state index contributed by atoms with van der Waals surface area (Å²) in [5.41, 5.74) is 6.48. The summed E-state index contributed by atoms with van der Waals surface area (Å²) in [6, 6.07) is 5.52. The van der Waals surface area contributed by atoms with Crippen LogP contribution in [0.15, 0.2) is 24.4 Å². The maximum Gasteiger partial charge on any atom is 0.127 e. The fourth-order valence-corrected chi connectivity index (χ4v) is 2.39. The van der Waals surface area contributed by atoms with Crippen molar-refractivity contribution in [3.05, 3.63) is 34.4 Å². The van der Waals surface area contributed by atoms with Crippen molar-refractivity contribution >= 4 is 22.9 Å². The van der Waals surface area contributed by atoms with E-state index in [4.69, 9.17) is 22.1 Å². The summed E-state index contributed by atoms with van der Waals surface area (Å²) in [7, 11) is 1.64. The summed E-state index contributed by atoms with van der Waals surface area (Å²) in [5.74, 6) is 0.789. The van der Waals surface area contributed by atoms with E-state index in [0.717, 1.165) is 21.2 Å². The molecule has 0 spiro atoms. The fourth-order valence-electron chi connectivity index (χ4n) is 1.40.